The van der Waals surface area contributed by atoms with E-state index < -0.39 is 40.5 Å². The Labute approximate surface area is 231 Å². The fraction of sp³-hybridized carbons (Fsp3) is 0.630. The van der Waals surface area contributed by atoms with Crippen molar-refractivity contribution in [3.05, 3.63) is 34.3 Å². The normalized spacial score (nSPS) is 18.7. The van der Waals surface area contributed by atoms with Crippen molar-refractivity contribution in [3.63, 3.8) is 0 Å². The highest BCUT2D eigenvalue weighted by atomic mass is 79.9. The number of rotatable bonds is 15. The largest absolute Gasteiger partial charge is 0.350 e. The molecule has 4 atom stereocenters. The smallest absolute Gasteiger partial charge is 0.289 e. The second-order valence-corrected chi connectivity index (χ2v) is 12.7. The number of Topliss-reactive ketones (excluding diaryl/α,β-unsaturated/α-hetero) is 1. The topological polar surface area (TPSA) is 121 Å². The van der Waals surface area contributed by atoms with Gasteiger partial charge in [0.2, 0.25) is 17.6 Å². The highest BCUT2D eigenvalue weighted by Gasteiger charge is 2.30. The minimum absolute atomic E-state index is 0.123. The van der Waals surface area contributed by atoms with Crippen LogP contribution in [-0.4, -0.2) is 57.3 Å². The van der Waals surface area contributed by atoms with E-state index in [1.54, 1.807) is 6.92 Å². The predicted octanol–water partition coefficient (Wildman–Crippen LogP) is 3.18. The number of carbonyl (C=O) groups is 4. The average Bonchev–Trinajstić information content (AvgIpc) is 3.26. The van der Waals surface area contributed by atoms with Crippen molar-refractivity contribution in [2.75, 3.05) is 12.3 Å². The predicted molar refractivity (Wildman–Crippen MR) is 149 cm³/mol. The van der Waals surface area contributed by atoms with Gasteiger partial charge in [-0.2, -0.15) is 0 Å². The summed E-state index contributed by atoms with van der Waals surface area (Å²) < 4.78 is 12.8. The standard InChI is InChI=1S/C27H40BrN3O5S/c1-4-29-27(35)25(33)22(17-19-11-13-20(28)14-12-19)31-26(34)23(16-18(2)3)30-24(32)10-6-5-8-21-9-7-15-37(21)36/h11-14,18,21-23H,4-10,15-17H2,1-3H3,(H,29,35)(H,30,32)(H,31,34)/t21?,22-,23-,37?/m0/s1. The summed E-state index contributed by atoms with van der Waals surface area (Å²) in [6, 6.07) is 5.43. The molecule has 1 fully saturated rings. The number of hydrogen-bond donors (Lipinski definition) is 3. The van der Waals surface area contributed by atoms with E-state index in [-0.39, 0.29) is 29.9 Å². The molecular formula is C27H40BrN3O5S. The molecule has 2 rings (SSSR count). The molecule has 1 aromatic rings. The Hall–Kier alpha value is -2.07. The van der Waals surface area contributed by atoms with Crippen molar-refractivity contribution >= 4 is 50.2 Å². The van der Waals surface area contributed by atoms with Crippen LogP contribution in [-0.2, 0) is 36.4 Å². The molecule has 206 valence electrons. The van der Waals surface area contributed by atoms with Crippen LogP contribution in [0, 0.1) is 5.92 Å². The van der Waals surface area contributed by atoms with Crippen molar-refractivity contribution in [1.29, 1.82) is 0 Å². The number of unbranched alkanes of at least 4 members (excludes halogenated alkanes) is 1. The summed E-state index contributed by atoms with van der Waals surface area (Å²) in [5.74, 6) is -1.29. The fourth-order valence-corrected chi connectivity index (χ4v) is 6.31. The maximum Gasteiger partial charge on any atom is 0.289 e. The van der Waals surface area contributed by atoms with Gasteiger partial charge in [-0.25, -0.2) is 0 Å². The molecule has 37 heavy (non-hydrogen) atoms. The van der Waals surface area contributed by atoms with E-state index in [4.69, 9.17) is 0 Å². The zero-order valence-electron chi connectivity index (χ0n) is 22.0. The number of ketones is 1. The fourth-order valence-electron chi connectivity index (χ4n) is 4.40. The van der Waals surface area contributed by atoms with Crippen LogP contribution in [0.4, 0.5) is 0 Å². The molecule has 1 aliphatic heterocycles. The molecule has 3 N–H and O–H groups in total. The summed E-state index contributed by atoms with van der Waals surface area (Å²) in [5, 5.41) is 8.30. The Morgan fingerprint density at radius 3 is 2.35 bits per heavy atom. The SMILES string of the molecule is CCNC(=O)C(=O)[C@H](Cc1ccc(Br)cc1)NC(=O)[C@H](CC(C)C)NC(=O)CCCCC1CCCS1=O. The third-order valence-corrected chi connectivity index (χ3v) is 8.76. The first-order valence-corrected chi connectivity index (χ1v) is 15.3. The molecule has 0 aromatic heterocycles. The molecular weight excluding hydrogens is 558 g/mol. The first kappa shape index (κ1) is 31.1. The Morgan fingerprint density at radius 1 is 1.05 bits per heavy atom. The van der Waals surface area contributed by atoms with Crippen LogP contribution in [0.15, 0.2) is 28.7 Å². The van der Waals surface area contributed by atoms with Gasteiger partial charge in [0.25, 0.3) is 5.91 Å². The van der Waals surface area contributed by atoms with Crippen molar-refractivity contribution < 1.29 is 23.4 Å². The van der Waals surface area contributed by atoms with Gasteiger partial charge in [-0.3, -0.25) is 23.4 Å². The molecule has 0 saturated carbocycles. The zero-order valence-corrected chi connectivity index (χ0v) is 24.4. The summed E-state index contributed by atoms with van der Waals surface area (Å²) >= 11 is 3.38. The molecule has 0 bridgehead atoms. The lowest BCUT2D eigenvalue weighted by Gasteiger charge is -2.24. The molecule has 0 aliphatic carbocycles. The lowest BCUT2D eigenvalue weighted by atomic mass is 9.99. The first-order chi connectivity index (χ1) is 17.6. The molecule has 3 amide bonds. The quantitative estimate of drug-likeness (QED) is 0.212. The van der Waals surface area contributed by atoms with Gasteiger partial charge < -0.3 is 16.0 Å². The molecule has 2 unspecified atom stereocenters. The van der Waals surface area contributed by atoms with Crippen LogP contribution in [0.3, 0.4) is 0 Å². The lowest BCUT2D eigenvalue weighted by molar-refractivity contribution is -0.140. The maximum atomic E-state index is 13.2. The van der Waals surface area contributed by atoms with Crippen LogP contribution < -0.4 is 16.0 Å². The Bertz CT molecular complexity index is 954. The molecule has 1 saturated heterocycles. The number of halogens is 1. The highest BCUT2D eigenvalue weighted by molar-refractivity contribution is 9.10. The monoisotopic (exact) mass is 597 g/mol. The Morgan fingerprint density at radius 2 is 1.76 bits per heavy atom. The van der Waals surface area contributed by atoms with Crippen LogP contribution in [0.1, 0.15) is 71.3 Å². The van der Waals surface area contributed by atoms with Gasteiger partial charge in [0.15, 0.2) is 0 Å². The van der Waals surface area contributed by atoms with Gasteiger partial charge in [0.1, 0.15) is 12.1 Å². The van der Waals surface area contributed by atoms with Gasteiger partial charge in [-0.15, -0.1) is 0 Å². The van der Waals surface area contributed by atoms with Crippen molar-refractivity contribution in [2.24, 2.45) is 5.92 Å². The number of likely N-dealkylation sites (N-methyl/N-ethyl adjacent to an activating group) is 1. The second kappa shape index (κ2) is 16.0. The summed E-state index contributed by atoms with van der Waals surface area (Å²) in [7, 11) is -0.740. The number of hydrogen-bond acceptors (Lipinski definition) is 5. The van der Waals surface area contributed by atoms with E-state index in [0.29, 0.717) is 19.4 Å². The second-order valence-electron chi connectivity index (χ2n) is 9.96. The van der Waals surface area contributed by atoms with Gasteiger partial charge in [0, 0.05) is 45.7 Å². The van der Waals surface area contributed by atoms with Crippen LogP contribution >= 0.6 is 15.9 Å². The number of benzene rings is 1. The van der Waals surface area contributed by atoms with Crippen LogP contribution in [0.5, 0.6) is 0 Å². The van der Waals surface area contributed by atoms with E-state index >= 15 is 0 Å². The molecule has 1 aliphatic rings. The van der Waals surface area contributed by atoms with Crippen molar-refractivity contribution in [2.45, 2.75) is 89.5 Å². The van der Waals surface area contributed by atoms with Gasteiger partial charge in [-0.05, 0) is 62.6 Å². The zero-order chi connectivity index (χ0) is 27.4. The number of amides is 3. The van der Waals surface area contributed by atoms with E-state index in [1.165, 1.54) is 0 Å². The van der Waals surface area contributed by atoms with E-state index in [2.05, 4.69) is 31.9 Å². The lowest BCUT2D eigenvalue weighted by Crippen LogP contribution is -2.54. The summed E-state index contributed by atoms with van der Waals surface area (Å²) in [4.78, 5) is 51.1. The van der Waals surface area contributed by atoms with Crippen LogP contribution in [0.2, 0.25) is 0 Å². The summed E-state index contributed by atoms with van der Waals surface area (Å²) in [6.45, 7) is 5.92. The number of nitrogens with one attached hydrogen (secondary N) is 3. The van der Waals surface area contributed by atoms with E-state index in [0.717, 1.165) is 41.5 Å². The Balaban J connectivity index is 2.01. The molecule has 1 aromatic carbocycles. The maximum absolute atomic E-state index is 13.2. The third-order valence-electron chi connectivity index (χ3n) is 6.33. The van der Waals surface area contributed by atoms with Gasteiger partial charge in [0.05, 0.1) is 0 Å². The van der Waals surface area contributed by atoms with Gasteiger partial charge >= 0.3 is 0 Å². The van der Waals surface area contributed by atoms with E-state index in [1.807, 2.05) is 38.1 Å². The minimum atomic E-state index is -1.06. The molecule has 0 spiro atoms. The minimum Gasteiger partial charge on any atom is -0.350 e. The first-order valence-electron chi connectivity index (χ1n) is 13.1. The van der Waals surface area contributed by atoms with Crippen molar-refractivity contribution in [3.8, 4) is 0 Å². The number of carbonyl (C=O) groups excluding carboxylic acids is 4. The van der Waals surface area contributed by atoms with Crippen LogP contribution in [0.25, 0.3) is 0 Å². The Kier molecular flexibility index (Phi) is 13.5. The summed E-state index contributed by atoms with van der Waals surface area (Å²) in [5.41, 5.74) is 0.791. The van der Waals surface area contributed by atoms with E-state index in [9.17, 15) is 23.4 Å². The highest BCUT2D eigenvalue weighted by Crippen LogP contribution is 2.21. The molecule has 8 nitrogen and oxygen atoms in total. The molecule has 1 heterocycles. The summed E-state index contributed by atoms with van der Waals surface area (Å²) in [6.07, 6.45) is 5.18. The average molecular weight is 599 g/mol. The molecule has 10 heteroatoms. The van der Waals surface area contributed by atoms with Crippen molar-refractivity contribution in [1.82, 2.24) is 16.0 Å². The van der Waals surface area contributed by atoms with Gasteiger partial charge in [-0.1, -0.05) is 48.3 Å². The molecule has 0 radical (unpaired) electrons. The third kappa shape index (κ3) is 11.1.